The Morgan fingerprint density at radius 1 is 1.29 bits per heavy atom. The minimum Gasteiger partial charge on any atom is -0.497 e. The topological polar surface area (TPSA) is 75.7 Å². The lowest BCUT2D eigenvalue weighted by molar-refractivity contribution is 0.201. The van der Waals surface area contributed by atoms with Gasteiger partial charge in [-0.05, 0) is 30.2 Å². The molecule has 0 radical (unpaired) electrons. The maximum absolute atomic E-state index is 12.0. The number of nitrogens with zero attached hydrogens (tertiary/aromatic N) is 1. The van der Waals surface area contributed by atoms with Crippen molar-refractivity contribution in [2.24, 2.45) is 0 Å². The van der Waals surface area contributed by atoms with Crippen LogP contribution in [0.3, 0.4) is 0 Å². The first kappa shape index (κ1) is 15.6. The van der Waals surface area contributed by atoms with E-state index in [1.54, 1.807) is 7.11 Å². The number of sulfone groups is 1. The minimum atomic E-state index is -2.97. The Bertz CT molecular complexity index is 614. The van der Waals surface area contributed by atoms with Gasteiger partial charge in [-0.25, -0.2) is 13.2 Å². The molecule has 7 heteroatoms. The van der Waals surface area contributed by atoms with Crippen LogP contribution in [0, 0.1) is 6.92 Å². The zero-order valence-electron chi connectivity index (χ0n) is 12.3. The van der Waals surface area contributed by atoms with Crippen molar-refractivity contribution in [1.82, 2.24) is 10.2 Å². The van der Waals surface area contributed by atoms with Gasteiger partial charge < -0.3 is 15.0 Å². The number of methoxy groups -OCH3 is 1. The molecule has 2 amide bonds. The predicted molar refractivity (Wildman–Crippen MR) is 80.2 cm³/mol. The van der Waals surface area contributed by atoms with E-state index >= 15 is 0 Å². The lowest BCUT2D eigenvalue weighted by atomic mass is 10.1. The number of ether oxygens (including phenoxy) is 1. The summed E-state index contributed by atoms with van der Waals surface area (Å²) >= 11 is 0. The highest BCUT2D eigenvalue weighted by molar-refractivity contribution is 7.91. The highest BCUT2D eigenvalue weighted by Gasteiger charge is 2.24. The van der Waals surface area contributed by atoms with Gasteiger partial charge in [-0.3, -0.25) is 0 Å². The molecule has 1 aliphatic rings. The molecule has 1 saturated heterocycles. The third kappa shape index (κ3) is 4.35. The summed E-state index contributed by atoms with van der Waals surface area (Å²) < 4.78 is 27.9. The smallest absolute Gasteiger partial charge is 0.317 e. The molecule has 1 N–H and O–H groups in total. The standard InChI is InChI=1S/C14H20N2O4S/c1-11-7-12(9-13(8-11)20-2)10-15-14(17)16-3-5-21(18,19)6-4-16/h7-9H,3-6,10H2,1-2H3,(H,15,17). The Hall–Kier alpha value is -1.76. The Morgan fingerprint density at radius 3 is 2.57 bits per heavy atom. The minimum absolute atomic E-state index is 0.0404. The summed E-state index contributed by atoms with van der Waals surface area (Å²) in [5.41, 5.74) is 2.01. The van der Waals surface area contributed by atoms with Crippen LogP contribution in [0.15, 0.2) is 18.2 Å². The fourth-order valence-corrected chi connectivity index (χ4v) is 3.45. The number of hydrogen-bond acceptors (Lipinski definition) is 4. The molecule has 0 bridgehead atoms. The molecule has 0 unspecified atom stereocenters. The normalized spacial score (nSPS) is 17.3. The van der Waals surface area contributed by atoms with E-state index in [1.165, 1.54) is 4.90 Å². The molecule has 6 nitrogen and oxygen atoms in total. The van der Waals surface area contributed by atoms with Crippen LogP contribution < -0.4 is 10.1 Å². The average molecular weight is 312 g/mol. The van der Waals surface area contributed by atoms with Crippen molar-refractivity contribution in [2.45, 2.75) is 13.5 Å². The Morgan fingerprint density at radius 2 is 1.95 bits per heavy atom. The number of urea groups is 1. The molecule has 0 atom stereocenters. The van der Waals surface area contributed by atoms with E-state index in [2.05, 4.69) is 5.32 Å². The van der Waals surface area contributed by atoms with Gasteiger partial charge in [0.05, 0.1) is 18.6 Å². The molecule has 0 aliphatic carbocycles. The zero-order valence-corrected chi connectivity index (χ0v) is 13.1. The van der Waals surface area contributed by atoms with Crippen molar-refractivity contribution in [1.29, 1.82) is 0 Å². The quantitative estimate of drug-likeness (QED) is 0.901. The molecule has 1 aliphatic heterocycles. The van der Waals surface area contributed by atoms with Crippen LogP contribution >= 0.6 is 0 Å². The van der Waals surface area contributed by atoms with Crippen LogP contribution in [0.4, 0.5) is 4.79 Å². The monoisotopic (exact) mass is 312 g/mol. The van der Waals surface area contributed by atoms with E-state index in [0.29, 0.717) is 6.54 Å². The second kappa shape index (κ2) is 6.34. The van der Waals surface area contributed by atoms with Gasteiger partial charge >= 0.3 is 6.03 Å². The summed E-state index contributed by atoms with van der Waals surface area (Å²) in [5, 5.41) is 2.81. The molecule has 116 valence electrons. The molecule has 1 heterocycles. The number of rotatable bonds is 3. The van der Waals surface area contributed by atoms with Gasteiger partial charge in [0.2, 0.25) is 0 Å². The van der Waals surface area contributed by atoms with E-state index in [4.69, 9.17) is 4.74 Å². The summed E-state index contributed by atoms with van der Waals surface area (Å²) in [5.74, 6) is 0.834. The number of hydrogen-bond donors (Lipinski definition) is 1. The molecule has 0 saturated carbocycles. The number of nitrogens with one attached hydrogen (secondary N) is 1. The lowest BCUT2D eigenvalue weighted by Crippen LogP contribution is -2.47. The summed E-state index contributed by atoms with van der Waals surface area (Å²) in [7, 11) is -1.37. The Labute approximate surface area is 125 Å². The maximum Gasteiger partial charge on any atom is 0.317 e. The van der Waals surface area contributed by atoms with Crippen LogP contribution in [0.1, 0.15) is 11.1 Å². The molecular weight excluding hydrogens is 292 g/mol. The van der Waals surface area contributed by atoms with Crippen LogP contribution in [-0.2, 0) is 16.4 Å². The zero-order chi connectivity index (χ0) is 15.5. The van der Waals surface area contributed by atoms with Gasteiger partial charge in [0.15, 0.2) is 9.84 Å². The summed E-state index contributed by atoms with van der Waals surface area (Å²) in [6, 6.07) is 5.53. The highest BCUT2D eigenvalue weighted by Crippen LogP contribution is 2.16. The molecule has 1 fully saturated rings. The van der Waals surface area contributed by atoms with Gasteiger partial charge in [0, 0.05) is 19.6 Å². The van der Waals surface area contributed by atoms with Crippen molar-refractivity contribution in [3.8, 4) is 5.75 Å². The number of aryl methyl sites for hydroxylation is 1. The highest BCUT2D eigenvalue weighted by atomic mass is 32.2. The summed E-state index contributed by atoms with van der Waals surface area (Å²) in [4.78, 5) is 13.5. The first-order valence-electron chi connectivity index (χ1n) is 6.77. The van der Waals surface area contributed by atoms with Crippen molar-refractivity contribution in [2.75, 3.05) is 31.7 Å². The molecule has 1 aromatic rings. The lowest BCUT2D eigenvalue weighted by Gasteiger charge is -2.26. The van der Waals surface area contributed by atoms with Crippen molar-refractivity contribution >= 4 is 15.9 Å². The first-order valence-corrected chi connectivity index (χ1v) is 8.59. The number of carbonyl (C=O) groups is 1. The summed E-state index contributed by atoms with van der Waals surface area (Å²) in [6.07, 6.45) is 0. The molecule has 2 rings (SSSR count). The molecule has 0 aromatic heterocycles. The number of benzene rings is 1. The van der Waals surface area contributed by atoms with Crippen LogP contribution in [-0.4, -0.2) is 51.1 Å². The molecule has 21 heavy (non-hydrogen) atoms. The second-order valence-electron chi connectivity index (χ2n) is 5.16. The maximum atomic E-state index is 12.0. The van der Waals surface area contributed by atoms with Gasteiger partial charge in [-0.15, -0.1) is 0 Å². The van der Waals surface area contributed by atoms with Gasteiger partial charge in [-0.1, -0.05) is 6.07 Å². The molecule has 1 aromatic carbocycles. The van der Waals surface area contributed by atoms with Gasteiger partial charge in [0.25, 0.3) is 0 Å². The fraction of sp³-hybridized carbons (Fsp3) is 0.500. The molecule has 0 spiro atoms. The second-order valence-corrected chi connectivity index (χ2v) is 7.46. The van der Waals surface area contributed by atoms with E-state index in [-0.39, 0.29) is 30.6 Å². The fourth-order valence-electron chi connectivity index (χ4n) is 2.25. The van der Waals surface area contributed by atoms with Crippen molar-refractivity contribution < 1.29 is 17.9 Å². The van der Waals surface area contributed by atoms with Crippen molar-refractivity contribution in [3.05, 3.63) is 29.3 Å². The van der Waals surface area contributed by atoms with E-state index in [1.807, 2.05) is 25.1 Å². The van der Waals surface area contributed by atoms with Crippen LogP contribution in [0.5, 0.6) is 5.75 Å². The Kier molecular flexibility index (Phi) is 4.72. The van der Waals surface area contributed by atoms with Crippen molar-refractivity contribution in [3.63, 3.8) is 0 Å². The third-order valence-corrected chi connectivity index (χ3v) is 5.03. The van der Waals surface area contributed by atoms with Crippen LogP contribution in [0.25, 0.3) is 0 Å². The number of amides is 2. The largest absolute Gasteiger partial charge is 0.497 e. The Balaban J connectivity index is 1.91. The van der Waals surface area contributed by atoms with Gasteiger partial charge in [-0.2, -0.15) is 0 Å². The van der Waals surface area contributed by atoms with Crippen LogP contribution in [0.2, 0.25) is 0 Å². The van der Waals surface area contributed by atoms with E-state index in [0.717, 1.165) is 16.9 Å². The summed E-state index contributed by atoms with van der Waals surface area (Å²) in [6.45, 7) is 2.86. The SMILES string of the molecule is COc1cc(C)cc(CNC(=O)N2CCS(=O)(=O)CC2)c1. The molecular formula is C14H20N2O4S. The van der Waals surface area contributed by atoms with E-state index < -0.39 is 9.84 Å². The van der Waals surface area contributed by atoms with Gasteiger partial charge in [0.1, 0.15) is 5.75 Å². The number of carbonyl (C=O) groups excluding carboxylic acids is 1. The van der Waals surface area contributed by atoms with E-state index in [9.17, 15) is 13.2 Å². The third-order valence-electron chi connectivity index (χ3n) is 3.42. The average Bonchev–Trinajstić information content (AvgIpc) is 2.44. The predicted octanol–water partition coefficient (Wildman–Crippen LogP) is 0.944. The first-order chi connectivity index (χ1) is 9.89.